The third-order valence-corrected chi connectivity index (χ3v) is 7.73. The first-order valence-electron chi connectivity index (χ1n) is 12.7. The molecule has 0 unspecified atom stereocenters. The summed E-state index contributed by atoms with van der Waals surface area (Å²) in [5.41, 5.74) is 5.27. The van der Waals surface area contributed by atoms with Gasteiger partial charge in [0.1, 0.15) is 0 Å². The van der Waals surface area contributed by atoms with E-state index < -0.39 is 0 Å². The molecule has 37 heavy (non-hydrogen) atoms. The van der Waals surface area contributed by atoms with Crippen molar-refractivity contribution >= 4 is 34.3 Å². The molecular weight excluding hydrogens is 482 g/mol. The Bertz CT molecular complexity index is 1520. The molecule has 1 aliphatic rings. The Labute approximate surface area is 220 Å². The van der Waals surface area contributed by atoms with Crippen LogP contribution >= 0.6 is 11.8 Å². The van der Waals surface area contributed by atoms with Crippen LogP contribution in [0.1, 0.15) is 43.5 Å². The number of hydrogen-bond donors (Lipinski definition) is 1. The van der Waals surface area contributed by atoms with Crippen LogP contribution in [0.25, 0.3) is 16.6 Å². The third kappa shape index (κ3) is 5.54. The van der Waals surface area contributed by atoms with Crippen molar-refractivity contribution in [3.63, 3.8) is 0 Å². The molecule has 0 fully saturated rings. The van der Waals surface area contributed by atoms with Crippen LogP contribution in [0.5, 0.6) is 0 Å². The number of aryl methyl sites for hydroxylation is 1. The molecule has 190 valence electrons. The van der Waals surface area contributed by atoms with Crippen molar-refractivity contribution in [3.8, 4) is 5.69 Å². The van der Waals surface area contributed by atoms with Crippen molar-refractivity contribution in [2.45, 2.75) is 57.7 Å². The van der Waals surface area contributed by atoms with Crippen LogP contribution in [0.15, 0.2) is 76.2 Å². The Kier molecular flexibility index (Phi) is 7.55. The minimum Gasteiger partial charge on any atom is -0.322 e. The van der Waals surface area contributed by atoms with Crippen molar-refractivity contribution < 1.29 is 4.79 Å². The summed E-state index contributed by atoms with van der Waals surface area (Å²) in [5, 5.41) is 8.82. The molecule has 4 aromatic rings. The van der Waals surface area contributed by atoms with Crippen molar-refractivity contribution in [3.05, 3.63) is 88.0 Å². The first kappa shape index (κ1) is 25.0. The van der Waals surface area contributed by atoms with E-state index in [2.05, 4.69) is 16.5 Å². The largest absolute Gasteiger partial charge is 0.322 e. The number of allylic oxidation sites excluding steroid dienone is 2. The lowest BCUT2D eigenvalue weighted by Gasteiger charge is -2.16. The van der Waals surface area contributed by atoms with Crippen molar-refractivity contribution in [2.75, 3.05) is 11.1 Å². The number of nitrogens with zero attached hydrogens (tertiary/aromatic N) is 4. The number of benzene rings is 2. The second kappa shape index (κ2) is 11.2. The van der Waals surface area contributed by atoms with Gasteiger partial charge in [-0.25, -0.2) is 9.67 Å². The van der Waals surface area contributed by atoms with E-state index in [4.69, 9.17) is 4.98 Å². The fourth-order valence-corrected chi connectivity index (χ4v) is 5.62. The van der Waals surface area contributed by atoms with Gasteiger partial charge in [0, 0.05) is 6.54 Å². The average molecular weight is 514 g/mol. The van der Waals surface area contributed by atoms with Gasteiger partial charge < -0.3 is 5.32 Å². The maximum Gasteiger partial charge on any atom is 0.262 e. The van der Waals surface area contributed by atoms with E-state index in [1.54, 1.807) is 4.57 Å². The van der Waals surface area contributed by atoms with Crippen molar-refractivity contribution in [1.29, 1.82) is 0 Å². The second-order valence-corrected chi connectivity index (χ2v) is 10.3. The highest BCUT2D eigenvalue weighted by atomic mass is 32.2. The number of amides is 1. The Morgan fingerprint density at radius 1 is 1.05 bits per heavy atom. The lowest BCUT2D eigenvalue weighted by Crippen LogP contribution is -2.25. The molecule has 0 atom stereocenters. The van der Waals surface area contributed by atoms with Gasteiger partial charge in [-0.2, -0.15) is 5.10 Å². The van der Waals surface area contributed by atoms with Gasteiger partial charge in [-0.1, -0.05) is 53.7 Å². The number of carbonyl (C=O) groups is 1. The summed E-state index contributed by atoms with van der Waals surface area (Å²) in [6.07, 6.45) is 7.79. The highest BCUT2D eigenvalue weighted by molar-refractivity contribution is 7.99. The first-order valence-corrected chi connectivity index (χ1v) is 13.7. The lowest BCUT2D eigenvalue weighted by atomic mass is 9.97. The highest BCUT2D eigenvalue weighted by Gasteiger charge is 2.18. The van der Waals surface area contributed by atoms with Crippen molar-refractivity contribution in [1.82, 2.24) is 19.3 Å². The summed E-state index contributed by atoms with van der Waals surface area (Å²) in [6, 6.07) is 17.2. The van der Waals surface area contributed by atoms with E-state index in [0.29, 0.717) is 28.3 Å². The van der Waals surface area contributed by atoms with Crippen LogP contribution in [0.2, 0.25) is 0 Å². The maximum absolute atomic E-state index is 13.4. The standard InChI is InChI=1S/C29H31N5O2S/c1-20-27(21(2)34(32-20)23-13-7-4-8-14-23)31-26(35)19-37-29-30-25-16-10-9-15-24(25)28(36)33(29)18-17-22-11-5-3-6-12-22/h4,7-11,13-16H,3,5-6,12,17-19H2,1-2H3,(H,31,35). The molecule has 1 amide bonds. The molecule has 2 aromatic carbocycles. The van der Waals surface area contributed by atoms with Gasteiger partial charge in [0.15, 0.2) is 5.16 Å². The molecule has 0 saturated carbocycles. The number of hydrogen-bond acceptors (Lipinski definition) is 5. The third-order valence-electron chi connectivity index (χ3n) is 6.76. The van der Waals surface area contributed by atoms with Crippen LogP contribution < -0.4 is 10.9 Å². The van der Waals surface area contributed by atoms with Gasteiger partial charge in [0.25, 0.3) is 5.56 Å². The van der Waals surface area contributed by atoms with Gasteiger partial charge in [-0.15, -0.1) is 0 Å². The monoisotopic (exact) mass is 513 g/mol. The number of thioether (sulfide) groups is 1. The smallest absolute Gasteiger partial charge is 0.262 e. The zero-order valence-electron chi connectivity index (χ0n) is 21.2. The summed E-state index contributed by atoms with van der Waals surface area (Å²) in [7, 11) is 0. The number of para-hydroxylation sites is 2. The Hall–Kier alpha value is -3.65. The van der Waals surface area contributed by atoms with Gasteiger partial charge in [0.05, 0.1) is 39.4 Å². The summed E-state index contributed by atoms with van der Waals surface area (Å²) in [4.78, 5) is 31.1. The summed E-state index contributed by atoms with van der Waals surface area (Å²) in [5.74, 6) is -0.0177. The predicted molar refractivity (Wildman–Crippen MR) is 150 cm³/mol. The van der Waals surface area contributed by atoms with Crippen molar-refractivity contribution in [2.24, 2.45) is 0 Å². The summed E-state index contributed by atoms with van der Waals surface area (Å²) in [6.45, 7) is 4.39. The molecule has 7 nitrogen and oxygen atoms in total. The number of fused-ring (bicyclic) bond motifs is 1. The lowest BCUT2D eigenvalue weighted by molar-refractivity contribution is -0.113. The van der Waals surface area contributed by atoms with Gasteiger partial charge in [-0.3, -0.25) is 14.2 Å². The van der Waals surface area contributed by atoms with E-state index >= 15 is 0 Å². The predicted octanol–water partition coefficient (Wildman–Crippen LogP) is 5.82. The normalized spacial score (nSPS) is 13.5. The van der Waals surface area contributed by atoms with Crippen LogP contribution in [-0.4, -0.2) is 31.0 Å². The molecule has 2 aromatic heterocycles. The molecule has 0 spiro atoms. The second-order valence-electron chi connectivity index (χ2n) is 9.36. The zero-order valence-corrected chi connectivity index (χ0v) is 22.1. The SMILES string of the molecule is Cc1nn(-c2ccccc2)c(C)c1NC(=O)CSc1nc2ccccc2c(=O)n1CCC1=CCCCC1. The molecule has 0 saturated heterocycles. The van der Waals surface area contributed by atoms with Gasteiger partial charge >= 0.3 is 0 Å². The molecule has 0 aliphatic heterocycles. The molecular formula is C29H31N5O2S. The Morgan fingerprint density at radius 3 is 2.62 bits per heavy atom. The number of aromatic nitrogens is 4. The fourth-order valence-electron chi connectivity index (χ4n) is 4.79. The number of carbonyl (C=O) groups excluding carboxylic acids is 1. The zero-order chi connectivity index (χ0) is 25.8. The van der Waals surface area contributed by atoms with Crippen LogP contribution in [0.4, 0.5) is 5.69 Å². The van der Waals surface area contributed by atoms with Crippen LogP contribution in [-0.2, 0) is 11.3 Å². The summed E-state index contributed by atoms with van der Waals surface area (Å²) < 4.78 is 3.57. The van der Waals surface area contributed by atoms with Gasteiger partial charge in [0.2, 0.25) is 5.91 Å². The average Bonchev–Trinajstić information content (AvgIpc) is 3.21. The van der Waals surface area contributed by atoms with Crippen LogP contribution in [0.3, 0.4) is 0 Å². The molecule has 1 N–H and O–H groups in total. The number of nitrogens with one attached hydrogen (secondary N) is 1. The molecule has 1 aliphatic carbocycles. The number of anilines is 1. The summed E-state index contributed by atoms with van der Waals surface area (Å²) >= 11 is 1.30. The van der Waals surface area contributed by atoms with Gasteiger partial charge in [-0.05, 0) is 70.2 Å². The van der Waals surface area contributed by atoms with E-state index in [-0.39, 0.29) is 17.2 Å². The quantitative estimate of drug-likeness (QED) is 0.182. The minimum atomic E-state index is -0.159. The van der Waals surface area contributed by atoms with E-state index in [1.807, 2.05) is 73.1 Å². The molecule has 8 heteroatoms. The maximum atomic E-state index is 13.4. The van der Waals surface area contributed by atoms with E-state index in [0.717, 1.165) is 36.3 Å². The topological polar surface area (TPSA) is 81.8 Å². The minimum absolute atomic E-state index is 0.0549. The van der Waals surface area contributed by atoms with E-state index in [9.17, 15) is 9.59 Å². The van der Waals surface area contributed by atoms with E-state index in [1.165, 1.54) is 30.2 Å². The Morgan fingerprint density at radius 2 is 1.84 bits per heavy atom. The fraction of sp³-hybridized carbons (Fsp3) is 0.310. The van der Waals surface area contributed by atoms with Crippen LogP contribution in [0, 0.1) is 13.8 Å². The number of rotatable bonds is 8. The molecule has 5 rings (SSSR count). The Balaban J connectivity index is 1.35. The molecule has 2 heterocycles. The molecule has 0 bridgehead atoms. The highest BCUT2D eigenvalue weighted by Crippen LogP contribution is 2.25. The molecule has 0 radical (unpaired) electrons. The first-order chi connectivity index (χ1) is 18.0.